The van der Waals surface area contributed by atoms with E-state index in [1.54, 1.807) is 55.0 Å². The molecule has 0 saturated carbocycles. The maximum Gasteiger partial charge on any atom is 0.216 e. The third-order valence-electron chi connectivity index (χ3n) is 22.3. The summed E-state index contributed by atoms with van der Waals surface area (Å²) in [6, 6.07) is 106. The Morgan fingerprint density at radius 1 is 0.303 bits per heavy atom. The van der Waals surface area contributed by atoms with Gasteiger partial charge in [-0.3, -0.25) is 0 Å². The van der Waals surface area contributed by atoms with E-state index in [2.05, 4.69) is 248 Å². The molecule has 21 rings (SSSR count). The van der Waals surface area contributed by atoms with Crippen LogP contribution in [0.2, 0.25) is 0 Å². The first-order valence-electron chi connectivity index (χ1n) is 44.3. The molecule has 0 atom stereocenters. The van der Waals surface area contributed by atoms with Gasteiger partial charge in [-0.2, -0.15) is 0 Å². The number of furan rings is 3. The standard InChI is InChI=1S/2C23H14FN2O.C20H18N.C17H11N2O.2C16H18N.3Ir/c2*1-14-5-10-19-18-3-2-4-20(22(18)27-23(19)26-14)21-13-16(11-12-25-21)15-6-8-17(24)9-7-15;1-15(2)16-8-10-18(11-9-16)20-14-19(12-13-21-20)17-6-4-3-5-7-17;1-11-8-9-13-12-5-4-6-14(15-7-2-3-10-18-15)16(12)20-17(13)19-11;1-11(2)14-5-7-15(8-6-14)16-9-12(3)13(4)10-17-16;1-11(2)14-5-7-15(8-6-14)16-13(4)9-12(3)10-17-16;;;/h2*2-3,5-13H,1H3;3-10,12-15H,1-2H3;2-5,7-10H,1H3;2*5-7,9-11H,1-4H3;;;/q6*-1;;;/i;;;1D3;;;;;. The van der Waals surface area contributed by atoms with Crippen molar-refractivity contribution < 1.29 is 86.5 Å². The van der Waals surface area contributed by atoms with Gasteiger partial charge in [-0.15, -0.1) is 161 Å². The molecule has 0 amide bonds. The van der Waals surface area contributed by atoms with Crippen LogP contribution in [0.25, 0.3) is 167 Å². The van der Waals surface area contributed by atoms with Crippen LogP contribution in [0.3, 0.4) is 0 Å². The number of benzene rings is 9. The Labute approximate surface area is 814 Å². The number of nitrogens with zero attached hydrogens (tertiary/aromatic N) is 9. The van der Waals surface area contributed by atoms with Crippen LogP contribution in [0.1, 0.15) is 119 Å². The molecule has 17 heteroatoms. The summed E-state index contributed by atoms with van der Waals surface area (Å²) in [6.45, 7) is 23.1. The van der Waals surface area contributed by atoms with Gasteiger partial charge >= 0.3 is 0 Å². The van der Waals surface area contributed by atoms with Gasteiger partial charge in [0, 0.05) is 135 Å². The first-order valence-corrected chi connectivity index (χ1v) is 42.8. The zero-order valence-electron chi connectivity index (χ0n) is 77.7. The van der Waals surface area contributed by atoms with Crippen molar-refractivity contribution in [3.05, 3.63) is 414 Å². The van der Waals surface area contributed by atoms with E-state index < -0.39 is 6.85 Å². The first-order chi connectivity index (χ1) is 63.8. The molecule has 12 nitrogen and oxygen atoms in total. The average Bonchev–Trinajstić information content (AvgIpc) is 1.69. The Kier molecular flexibility index (Phi) is 30.6. The molecule has 0 aliphatic heterocycles. The van der Waals surface area contributed by atoms with Gasteiger partial charge < -0.3 is 43.2 Å². The van der Waals surface area contributed by atoms with Crippen LogP contribution in [-0.4, -0.2) is 44.9 Å². The monoisotopic (exact) mass is 2270 g/mol. The molecule has 0 bridgehead atoms. The zero-order valence-corrected chi connectivity index (χ0v) is 81.9. The van der Waals surface area contributed by atoms with E-state index in [-0.39, 0.29) is 77.6 Å². The molecule has 663 valence electrons. The third kappa shape index (κ3) is 22.7. The summed E-state index contributed by atoms with van der Waals surface area (Å²) in [4.78, 5) is 39.9. The molecule has 0 unspecified atom stereocenters. The van der Waals surface area contributed by atoms with Crippen molar-refractivity contribution in [3.8, 4) is 101 Å². The molecule has 12 aromatic heterocycles. The van der Waals surface area contributed by atoms with Crippen molar-refractivity contribution >= 4 is 66.2 Å². The quantitative estimate of drug-likeness (QED) is 0.107. The number of hydrogen-bond acceptors (Lipinski definition) is 12. The first kappa shape index (κ1) is 91.8. The van der Waals surface area contributed by atoms with Crippen LogP contribution >= 0.6 is 0 Å². The van der Waals surface area contributed by atoms with Crippen LogP contribution in [0, 0.1) is 96.4 Å². The van der Waals surface area contributed by atoms with E-state index in [1.807, 2.05) is 142 Å². The van der Waals surface area contributed by atoms with E-state index in [4.69, 9.17) is 17.4 Å². The van der Waals surface area contributed by atoms with Crippen molar-refractivity contribution in [1.29, 1.82) is 0 Å². The number of aromatic nitrogens is 9. The minimum atomic E-state index is -2.26. The van der Waals surface area contributed by atoms with E-state index in [1.165, 1.54) is 80.4 Å². The van der Waals surface area contributed by atoms with Gasteiger partial charge in [0.15, 0.2) is 0 Å². The second-order valence-electron chi connectivity index (χ2n) is 32.5. The molecule has 12 heterocycles. The Bertz CT molecular complexity index is 7430. The predicted molar refractivity (Wildman–Crippen MR) is 518 cm³/mol. The molecule has 0 fully saturated rings. The summed E-state index contributed by atoms with van der Waals surface area (Å²) < 4.78 is 66.8. The van der Waals surface area contributed by atoms with Gasteiger partial charge in [0.25, 0.3) is 0 Å². The topological polar surface area (TPSA) is 155 Å². The molecule has 21 aromatic rings. The van der Waals surface area contributed by atoms with Crippen LogP contribution in [0.15, 0.2) is 323 Å². The second-order valence-corrected chi connectivity index (χ2v) is 32.5. The maximum absolute atomic E-state index is 13.2. The third-order valence-corrected chi connectivity index (χ3v) is 22.3. The smallest absolute Gasteiger partial charge is 0.216 e. The van der Waals surface area contributed by atoms with Crippen LogP contribution in [0.5, 0.6) is 0 Å². The molecule has 0 spiro atoms. The molecule has 0 N–H and O–H groups in total. The number of pyridine rings is 9. The van der Waals surface area contributed by atoms with Crippen LogP contribution in [0.4, 0.5) is 8.78 Å². The van der Waals surface area contributed by atoms with Crippen molar-refractivity contribution in [3.63, 3.8) is 0 Å². The maximum atomic E-state index is 13.2. The summed E-state index contributed by atoms with van der Waals surface area (Å²) in [7, 11) is 0. The van der Waals surface area contributed by atoms with Gasteiger partial charge in [-0.25, -0.2) is 23.7 Å². The summed E-state index contributed by atoms with van der Waals surface area (Å²) >= 11 is 0. The Morgan fingerprint density at radius 2 is 0.697 bits per heavy atom. The van der Waals surface area contributed by atoms with Gasteiger partial charge in [0.1, 0.15) is 11.6 Å². The molecule has 3 radical (unpaired) electrons. The molecular weight excluding hydrogens is 2170 g/mol. The second kappa shape index (κ2) is 44.0. The fraction of sp³-hybridized carbons (Fsp3) is 0.139. The van der Waals surface area contributed by atoms with Crippen LogP contribution in [-0.2, 0) is 60.3 Å². The minimum Gasteiger partial charge on any atom is -0.486 e. The van der Waals surface area contributed by atoms with Gasteiger partial charge in [0.05, 0.1) is 16.7 Å². The molecule has 0 saturated heterocycles. The van der Waals surface area contributed by atoms with Crippen molar-refractivity contribution in [2.24, 2.45) is 0 Å². The van der Waals surface area contributed by atoms with Crippen molar-refractivity contribution in [2.75, 3.05) is 0 Å². The van der Waals surface area contributed by atoms with E-state index >= 15 is 0 Å². The molecule has 0 aliphatic carbocycles. The molecule has 0 aliphatic rings. The van der Waals surface area contributed by atoms with E-state index in [0.29, 0.717) is 51.6 Å². The SMILES string of the molecule is CC(C)c1c[c-]c(-c2cc(-c3ccccc3)ccn2)cc1.Cc1ccc2c(n1)oc1c(-c3cc(-c4ccc(F)cc4)ccn3)[c-]ccc12.Cc1ccc2c(n1)oc1c(-c3cc(-c4ccc(F)cc4)ccn3)[c-]ccc12.Cc1cnc(-c2[c-]cc(C(C)C)cc2)c(C)c1.Cc1cnc(-c2[c-]cc(C(C)C)cc2)cc1C.[2H]C([2H])([2H])c1ccc2c(n1)oc1c(-c3ccccn3)[c-]ccc12.[Ir].[Ir].[Ir]. The van der Waals surface area contributed by atoms with E-state index in [9.17, 15) is 8.78 Å². The minimum absolute atomic E-state index is 0. The number of aryl methyl sites for hydroxylation is 7. The average molecular weight is 2270 g/mol. The number of halogens is 2. The molecular formula is C115H93F2Ir3N9O3-6. The van der Waals surface area contributed by atoms with Gasteiger partial charge in [-0.05, 0) is 212 Å². The Morgan fingerprint density at radius 3 is 1.11 bits per heavy atom. The normalized spacial score (nSPS) is 11.3. The van der Waals surface area contributed by atoms with Gasteiger partial charge in [-0.1, -0.05) is 200 Å². The van der Waals surface area contributed by atoms with Crippen molar-refractivity contribution in [1.82, 2.24) is 44.9 Å². The van der Waals surface area contributed by atoms with Crippen molar-refractivity contribution in [2.45, 2.75) is 108 Å². The van der Waals surface area contributed by atoms with Crippen LogP contribution < -0.4 is 0 Å². The fourth-order valence-corrected chi connectivity index (χ4v) is 14.9. The summed E-state index contributed by atoms with van der Waals surface area (Å²) in [5.41, 5.74) is 31.1. The summed E-state index contributed by atoms with van der Waals surface area (Å²) in [5, 5.41) is 5.56. The Hall–Kier alpha value is -13.5. The zero-order chi connectivity index (χ0) is 92.3. The summed E-state index contributed by atoms with van der Waals surface area (Å²) in [6.07, 6.45) is 10.9. The molecule has 132 heavy (non-hydrogen) atoms. The number of fused-ring (bicyclic) bond motifs is 9. The summed E-state index contributed by atoms with van der Waals surface area (Å²) in [5.74, 6) is 1.12. The van der Waals surface area contributed by atoms with Gasteiger partial charge in [0.2, 0.25) is 17.1 Å². The van der Waals surface area contributed by atoms with E-state index in [0.717, 1.165) is 134 Å². The fourth-order valence-electron chi connectivity index (χ4n) is 14.9. The Balaban J connectivity index is 0.000000138. The number of rotatable bonds is 12. The predicted octanol–water partition coefficient (Wildman–Crippen LogP) is 30.0. The number of hydrogen-bond donors (Lipinski definition) is 0. The largest absolute Gasteiger partial charge is 0.486 e. The molecule has 9 aromatic carbocycles.